The summed E-state index contributed by atoms with van der Waals surface area (Å²) in [5.41, 5.74) is 3.50. The summed E-state index contributed by atoms with van der Waals surface area (Å²) in [6.45, 7) is 2.74. The smallest absolute Gasteiger partial charge is 0.239 e. The quantitative estimate of drug-likeness (QED) is 0.381. The van der Waals surface area contributed by atoms with E-state index in [1.165, 1.54) is 32.1 Å². The highest BCUT2D eigenvalue weighted by molar-refractivity contribution is 7.92. The lowest BCUT2D eigenvalue weighted by Gasteiger charge is -2.21. The van der Waals surface area contributed by atoms with Gasteiger partial charge in [-0.3, -0.25) is 9.52 Å². The lowest BCUT2D eigenvalue weighted by atomic mass is 9.89. The van der Waals surface area contributed by atoms with Crippen LogP contribution >= 0.6 is 0 Å². The summed E-state index contributed by atoms with van der Waals surface area (Å²) in [6.07, 6.45) is 9.79. The number of anilines is 1. The molecule has 1 fully saturated rings. The van der Waals surface area contributed by atoms with Crippen molar-refractivity contribution in [2.24, 2.45) is 5.92 Å². The molecule has 3 aromatic rings. The number of amides is 1. The zero-order chi connectivity index (χ0) is 24.0. The molecule has 8 heteroatoms. The number of benzene rings is 2. The summed E-state index contributed by atoms with van der Waals surface area (Å²) in [7, 11) is -3.30. The van der Waals surface area contributed by atoms with Crippen LogP contribution in [0.1, 0.15) is 32.1 Å². The van der Waals surface area contributed by atoms with Gasteiger partial charge in [0.1, 0.15) is 6.54 Å². The fraction of sp³-hybridized carbons (Fsp3) is 0.423. The number of hydrogen-bond donors (Lipinski definition) is 3. The summed E-state index contributed by atoms with van der Waals surface area (Å²) in [5.74, 6) is 0.788. The molecule has 0 spiro atoms. The van der Waals surface area contributed by atoms with Crippen LogP contribution in [0.4, 0.5) is 5.69 Å². The van der Waals surface area contributed by atoms with Gasteiger partial charge in [-0.2, -0.15) is 0 Å². The van der Waals surface area contributed by atoms with Crippen LogP contribution in [0.2, 0.25) is 0 Å². The van der Waals surface area contributed by atoms with Crippen LogP contribution < -0.4 is 15.4 Å². The fourth-order valence-corrected chi connectivity index (χ4v) is 5.21. The molecule has 34 heavy (non-hydrogen) atoms. The highest BCUT2D eigenvalue weighted by atomic mass is 32.2. The average molecular weight is 483 g/mol. The Hall–Kier alpha value is -2.84. The molecule has 4 rings (SSSR count). The number of carbonyl (C=O) groups excluding carboxylic acids is 1. The van der Waals surface area contributed by atoms with E-state index in [2.05, 4.69) is 21.4 Å². The second kappa shape index (κ2) is 11.1. The van der Waals surface area contributed by atoms with E-state index in [1.807, 2.05) is 41.1 Å². The van der Waals surface area contributed by atoms with Crippen LogP contribution in [0.5, 0.6) is 0 Å². The van der Waals surface area contributed by atoms with Crippen molar-refractivity contribution in [2.75, 3.05) is 30.6 Å². The third-order valence-corrected chi connectivity index (χ3v) is 7.00. The Labute approximate surface area is 202 Å². The van der Waals surface area contributed by atoms with E-state index in [-0.39, 0.29) is 12.5 Å². The molecule has 2 aromatic carbocycles. The average Bonchev–Trinajstić information content (AvgIpc) is 3.21. The Morgan fingerprint density at radius 1 is 0.971 bits per heavy atom. The van der Waals surface area contributed by atoms with Gasteiger partial charge in [0.05, 0.1) is 6.26 Å². The molecule has 1 aliphatic carbocycles. The van der Waals surface area contributed by atoms with Crippen molar-refractivity contribution in [3.63, 3.8) is 0 Å². The minimum atomic E-state index is -3.30. The minimum Gasteiger partial charge on any atom is -0.353 e. The molecule has 0 unspecified atom stereocenters. The van der Waals surface area contributed by atoms with Gasteiger partial charge in [0.2, 0.25) is 15.9 Å². The first-order valence-corrected chi connectivity index (χ1v) is 13.9. The van der Waals surface area contributed by atoms with Gasteiger partial charge in [0, 0.05) is 30.5 Å². The standard InChI is InChI=1S/C26H34N4O3S/c1-34(32,33)29-24-11-9-21(10-12-24)23-8-7-22-13-16-30(25(22)17-23)19-26(31)28-15-14-27-18-20-5-3-2-4-6-20/h7-13,16-17,20,27,29H,2-6,14-15,18-19H2,1H3,(H,28,31). The Kier molecular flexibility index (Phi) is 7.90. The van der Waals surface area contributed by atoms with Gasteiger partial charge >= 0.3 is 0 Å². The Morgan fingerprint density at radius 3 is 2.44 bits per heavy atom. The Morgan fingerprint density at radius 2 is 1.71 bits per heavy atom. The molecule has 1 saturated carbocycles. The van der Waals surface area contributed by atoms with Crippen molar-refractivity contribution in [3.05, 3.63) is 54.7 Å². The van der Waals surface area contributed by atoms with E-state index in [9.17, 15) is 13.2 Å². The predicted molar refractivity (Wildman–Crippen MR) is 138 cm³/mol. The summed E-state index contributed by atoms with van der Waals surface area (Å²) in [6, 6.07) is 15.4. The van der Waals surface area contributed by atoms with Gasteiger partial charge in [0.25, 0.3) is 0 Å². The number of sulfonamides is 1. The highest BCUT2D eigenvalue weighted by Gasteiger charge is 2.13. The molecular formula is C26H34N4O3S. The molecule has 0 atom stereocenters. The van der Waals surface area contributed by atoms with E-state index in [4.69, 9.17) is 0 Å². The summed E-state index contributed by atoms with van der Waals surface area (Å²) in [4.78, 5) is 12.5. The first kappa shape index (κ1) is 24.3. The summed E-state index contributed by atoms with van der Waals surface area (Å²) < 4.78 is 27.3. The van der Waals surface area contributed by atoms with E-state index in [0.29, 0.717) is 12.2 Å². The molecule has 7 nitrogen and oxygen atoms in total. The van der Waals surface area contributed by atoms with Crippen LogP contribution in [0.3, 0.4) is 0 Å². The first-order chi connectivity index (χ1) is 16.4. The monoisotopic (exact) mass is 482 g/mol. The largest absolute Gasteiger partial charge is 0.353 e. The van der Waals surface area contributed by atoms with Crippen LogP contribution in [0.15, 0.2) is 54.7 Å². The third kappa shape index (κ3) is 6.84. The number of fused-ring (bicyclic) bond motifs is 1. The molecule has 0 bridgehead atoms. The van der Waals surface area contributed by atoms with Crippen molar-refractivity contribution in [3.8, 4) is 11.1 Å². The van der Waals surface area contributed by atoms with E-state index < -0.39 is 10.0 Å². The molecule has 3 N–H and O–H groups in total. The van der Waals surface area contributed by atoms with Gasteiger partial charge < -0.3 is 15.2 Å². The maximum Gasteiger partial charge on any atom is 0.239 e. The SMILES string of the molecule is CS(=O)(=O)Nc1ccc(-c2ccc3ccn(CC(=O)NCCNCC4CCCCC4)c3c2)cc1. The second-order valence-electron chi connectivity index (χ2n) is 9.23. The van der Waals surface area contributed by atoms with Gasteiger partial charge in [0.15, 0.2) is 0 Å². The van der Waals surface area contributed by atoms with Gasteiger partial charge in [-0.05, 0) is 66.1 Å². The second-order valence-corrected chi connectivity index (χ2v) is 11.0. The summed E-state index contributed by atoms with van der Waals surface area (Å²) >= 11 is 0. The zero-order valence-corrected chi connectivity index (χ0v) is 20.5. The molecule has 1 aliphatic rings. The topological polar surface area (TPSA) is 92.2 Å². The van der Waals surface area contributed by atoms with Crippen molar-refractivity contribution >= 4 is 32.5 Å². The van der Waals surface area contributed by atoms with E-state index in [0.717, 1.165) is 47.3 Å². The number of carbonyl (C=O) groups is 1. The third-order valence-electron chi connectivity index (χ3n) is 6.39. The predicted octanol–water partition coefficient (Wildman–Crippen LogP) is 3.97. The maximum atomic E-state index is 12.5. The summed E-state index contributed by atoms with van der Waals surface area (Å²) in [5, 5.41) is 7.57. The molecule has 1 aromatic heterocycles. The van der Waals surface area contributed by atoms with Gasteiger partial charge in [-0.1, -0.05) is 43.5 Å². The lowest BCUT2D eigenvalue weighted by Crippen LogP contribution is -2.35. The van der Waals surface area contributed by atoms with E-state index >= 15 is 0 Å². The maximum absolute atomic E-state index is 12.5. The Bertz CT molecular complexity index is 1210. The molecule has 0 saturated heterocycles. The molecule has 0 radical (unpaired) electrons. The zero-order valence-electron chi connectivity index (χ0n) is 19.7. The number of hydrogen-bond acceptors (Lipinski definition) is 4. The van der Waals surface area contributed by atoms with Crippen molar-refractivity contribution in [2.45, 2.75) is 38.6 Å². The number of aromatic nitrogens is 1. The number of nitrogens with zero attached hydrogens (tertiary/aromatic N) is 1. The van der Waals surface area contributed by atoms with Crippen molar-refractivity contribution < 1.29 is 13.2 Å². The number of rotatable bonds is 10. The molecule has 1 heterocycles. The molecule has 182 valence electrons. The van der Waals surface area contributed by atoms with Crippen LogP contribution in [-0.2, 0) is 21.4 Å². The molecular weight excluding hydrogens is 448 g/mol. The van der Waals surface area contributed by atoms with Crippen LogP contribution in [0.25, 0.3) is 22.0 Å². The van der Waals surface area contributed by atoms with Crippen molar-refractivity contribution in [1.29, 1.82) is 0 Å². The normalized spacial score (nSPS) is 14.9. The lowest BCUT2D eigenvalue weighted by molar-refractivity contribution is -0.121. The van der Waals surface area contributed by atoms with Crippen molar-refractivity contribution in [1.82, 2.24) is 15.2 Å². The van der Waals surface area contributed by atoms with Crippen LogP contribution in [0, 0.1) is 5.92 Å². The minimum absolute atomic E-state index is 0.00132. The van der Waals surface area contributed by atoms with Gasteiger partial charge in [-0.15, -0.1) is 0 Å². The fourth-order valence-electron chi connectivity index (χ4n) is 4.64. The van der Waals surface area contributed by atoms with Crippen LogP contribution in [-0.4, -0.2) is 44.8 Å². The van der Waals surface area contributed by atoms with E-state index in [1.54, 1.807) is 12.1 Å². The number of nitrogens with one attached hydrogen (secondary N) is 3. The Balaban J connectivity index is 1.32. The van der Waals surface area contributed by atoms with Gasteiger partial charge in [-0.25, -0.2) is 8.42 Å². The first-order valence-electron chi connectivity index (χ1n) is 12.0. The molecule has 0 aliphatic heterocycles. The highest BCUT2D eigenvalue weighted by Crippen LogP contribution is 2.27. The molecule has 1 amide bonds.